The first-order valence-electron chi connectivity index (χ1n) is 6.99. The van der Waals surface area contributed by atoms with Crippen molar-refractivity contribution in [2.75, 3.05) is 0 Å². The van der Waals surface area contributed by atoms with Crippen LogP contribution in [0, 0.1) is 0 Å². The van der Waals surface area contributed by atoms with Crippen molar-refractivity contribution in [1.82, 2.24) is 9.55 Å². The summed E-state index contributed by atoms with van der Waals surface area (Å²) in [4.78, 5) is 4.78. The van der Waals surface area contributed by atoms with E-state index in [1.54, 1.807) is 12.5 Å². The summed E-state index contributed by atoms with van der Waals surface area (Å²) in [7, 11) is 2.02. The number of benzene rings is 1. The van der Waals surface area contributed by atoms with Gasteiger partial charge in [-0.25, -0.2) is 4.98 Å². The normalized spacial score (nSPS) is 18.4. The second-order valence-electron chi connectivity index (χ2n) is 5.46. The summed E-state index contributed by atoms with van der Waals surface area (Å²) in [5.74, 6) is 0.354. The number of ether oxygens (including phenoxy) is 2. The van der Waals surface area contributed by atoms with Crippen LogP contribution >= 0.6 is 11.6 Å². The van der Waals surface area contributed by atoms with Crippen LogP contribution in [0.5, 0.6) is 0 Å². The van der Waals surface area contributed by atoms with Crippen LogP contribution < -0.4 is 0 Å². The molecular formula is C16H15ClN2O2. The summed E-state index contributed by atoms with van der Waals surface area (Å²) in [5, 5.41) is 0.715. The van der Waals surface area contributed by atoms with Crippen molar-refractivity contribution in [2.24, 2.45) is 7.05 Å². The van der Waals surface area contributed by atoms with Crippen LogP contribution in [0.25, 0.3) is 11.4 Å². The van der Waals surface area contributed by atoms with Gasteiger partial charge in [0.15, 0.2) is 0 Å². The quantitative estimate of drug-likeness (QED) is 0.809. The lowest BCUT2D eigenvalue weighted by Crippen LogP contribution is -2.37. The summed E-state index contributed by atoms with van der Waals surface area (Å²) < 4.78 is 13.4. The SMILES string of the molecule is Cn1c(-c2ccccc2Cl)nc2c1CC1(CC2)OC=CO1. The Morgan fingerprint density at radius 2 is 2.00 bits per heavy atom. The summed E-state index contributed by atoms with van der Waals surface area (Å²) in [5.41, 5.74) is 3.22. The highest BCUT2D eigenvalue weighted by atomic mass is 35.5. The molecule has 1 aromatic heterocycles. The molecule has 0 fully saturated rings. The molecule has 21 heavy (non-hydrogen) atoms. The molecule has 2 heterocycles. The fraction of sp³-hybridized carbons (Fsp3) is 0.312. The number of halogens is 1. The predicted octanol–water partition coefficient (Wildman–Crippen LogP) is 3.44. The summed E-state index contributed by atoms with van der Waals surface area (Å²) in [6.45, 7) is 0. The van der Waals surface area contributed by atoms with E-state index in [1.807, 2.05) is 31.3 Å². The molecule has 4 rings (SSSR count). The molecule has 5 heteroatoms. The zero-order chi connectivity index (χ0) is 14.4. The Kier molecular flexibility index (Phi) is 2.76. The van der Waals surface area contributed by atoms with E-state index >= 15 is 0 Å². The molecule has 2 aromatic rings. The van der Waals surface area contributed by atoms with Gasteiger partial charge in [-0.05, 0) is 18.6 Å². The summed E-state index contributed by atoms with van der Waals surface area (Å²) in [6.07, 6.45) is 5.59. The zero-order valence-electron chi connectivity index (χ0n) is 11.7. The first kappa shape index (κ1) is 12.8. The van der Waals surface area contributed by atoms with Gasteiger partial charge in [-0.2, -0.15) is 0 Å². The Balaban J connectivity index is 1.77. The molecule has 1 aliphatic heterocycles. The Morgan fingerprint density at radius 3 is 2.76 bits per heavy atom. The van der Waals surface area contributed by atoms with E-state index in [-0.39, 0.29) is 0 Å². The standard InChI is InChI=1S/C16H15ClN2O2/c1-19-14-10-16(20-8-9-21-16)7-6-13(14)18-15(19)11-4-2-3-5-12(11)17/h2-5,8-9H,6-7,10H2,1H3. The molecule has 0 atom stereocenters. The largest absolute Gasteiger partial charge is 0.456 e. The summed E-state index contributed by atoms with van der Waals surface area (Å²) >= 11 is 6.30. The minimum Gasteiger partial charge on any atom is -0.456 e. The minimum atomic E-state index is -0.543. The van der Waals surface area contributed by atoms with Gasteiger partial charge < -0.3 is 14.0 Å². The van der Waals surface area contributed by atoms with Crippen LogP contribution in [0.3, 0.4) is 0 Å². The lowest BCUT2D eigenvalue weighted by molar-refractivity contribution is -0.149. The number of fused-ring (bicyclic) bond motifs is 1. The van der Waals surface area contributed by atoms with Crippen molar-refractivity contribution in [2.45, 2.75) is 25.0 Å². The van der Waals surface area contributed by atoms with Crippen molar-refractivity contribution in [3.8, 4) is 11.4 Å². The van der Waals surface area contributed by atoms with Gasteiger partial charge in [0.05, 0.1) is 17.1 Å². The van der Waals surface area contributed by atoms with E-state index in [0.717, 1.165) is 35.6 Å². The van der Waals surface area contributed by atoms with Gasteiger partial charge in [-0.3, -0.25) is 0 Å². The monoisotopic (exact) mass is 302 g/mol. The lowest BCUT2D eigenvalue weighted by atomic mass is 9.94. The molecule has 0 bridgehead atoms. The molecule has 0 saturated heterocycles. The first-order chi connectivity index (χ1) is 10.2. The molecule has 1 spiro atoms. The van der Waals surface area contributed by atoms with Gasteiger partial charge >= 0.3 is 0 Å². The van der Waals surface area contributed by atoms with Crippen LogP contribution in [-0.4, -0.2) is 15.3 Å². The topological polar surface area (TPSA) is 36.3 Å². The molecule has 4 nitrogen and oxygen atoms in total. The van der Waals surface area contributed by atoms with Gasteiger partial charge in [-0.1, -0.05) is 23.7 Å². The van der Waals surface area contributed by atoms with Crippen molar-refractivity contribution < 1.29 is 9.47 Å². The second kappa shape index (κ2) is 4.53. The zero-order valence-corrected chi connectivity index (χ0v) is 12.4. The molecular weight excluding hydrogens is 288 g/mol. The average Bonchev–Trinajstić information content (AvgIpc) is 3.06. The van der Waals surface area contributed by atoms with Crippen LogP contribution in [0.4, 0.5) is 0 Å². The Morgan fingerprint density at radius 1 is 1.24 bits per heavy atom. The number of rotatable bonds is 1. The minimum absolute atomic E-state index is 0.543. The third-order valence-corrected chi connectivity index (χ3v) is 4.54. The number of aromatic nitrogens is 2. The highest BCUT2D eigenvalue weighted by molar-refractivity contribution is 6.33. The smallest absolute Gasteiger partial charge is 0.255 e. The Hall–Kier alpha value is -1.94. The van der Waals surface area contributed by atoms with Crippen molar-refractivity contribution >= 4 is 11.6 Å². The van der Waals surface area contributed by atoms with Crippen LogP contribution in [0.15, 0.2) is 36.8 Å². The molecule has 0 amide bonds. The van der Waals surface area contributed by atoms with E-state index in [2.05, 4.69) is 4.57 Å². The summed E-state index contributed by atoms with van der Waals surface area (Å²) in [6, 6.07) is 7.79. The highest BCUT2D eigenvalue weighted by Crippen LogP contribution is 2.38. The highest BCUT2D eigenvalue weighted by Gasteiger charge is 2.41. The van der Waals surface area contributed by atoms with E-state index in [9.17, 15) is 0 Å². The number of nitrogens with zero attached hydrogens (tertiary/aromatic N) is 2. The molecule has 1 aromatic carbocycles. The number of hydrogen-bond acceptors (Lipinski definition) is 3. The van der Waals surface area contributed by atoms with Crippen LogP contribution in [0.1, 0.15) is 17.8 Å². The molecule has 0 unspecified atom stereocenters. The maximum absolute atomic E-state index is 6.30. The van der Waals surface area contributed by atoms with E-state index in [0.29, 0.717) is 11.4 Å². The first-order valence-corrected chi connectivity index (χ1v) is 7.36. The molecule has 2 aliphatic rings. The van der Waals surface area contributed by atoms with Crippen LogP contribution in [0.2, 0.25) is 5.02 Å². The molecule has 108 valence electrons. The van der Waals surface area contributed by atoms with Crippen molar-refractivity contribution in [3.05, 3.63) is 53.2 Å². The van der Waals surface area contributed by atoms with Gasteiger partial charge in [-0.15, -0.1) is 0 Å². The van der Waals surface area contributed by atoms with Gasteiger partial charge in [0.2, 0.25) is 0 Å². The van der Waals surface area contributed by atoms with E-state index in [1.165, 1.54) is 0 Å². The third-order valence-electron chi connectivity index (χ3n) is 4.21. The number of imidazole rings is 1. The second-order valence-corrected chi connectivity index (χ2v) is 5.87. The average molecular weight is 303 g/mol. The number of hydrogen-bond donors (Lipinski definition) is 0. The molecule has 0 radical (unpaired) electrons. The fourth-order valence-electron chi connectivity index (χ4n) is 3.08. The predicted molar refractivity (Wildman–Crippen MR) is 79.7 cm³/mol. The fourth-order valence-corrected chi connectivity index (χ4v) is 3.30. The Labute approximate surface area is 128 Å². The van der Waals surface area contributed by atoms with Gasteiger partial charge in [0.25, 0.3) is 5.79 Å². The Bertz CT molecular complexity index is 728. The van der Waals surface area contributed by atoms with E-state index in [4.69, 9.17) is 26.1 Å². The van der Waals surface area contributed by atoms with Crippen molar-refractivity contribution in [3.63, 3.8) is 0 Å². The maximum atomic E-state index is 6.30. The molecule has 0 saturated carbocycles. The van der Waals surface area contributed by atoms with Gasteiger partial charge in [0, 0.05) is 24.7 Å². The molecule has 0 N–H and O–H groups in total. The maximum Gasteiger partial charge on any atom is 0.255 e. The van der Waals surface area contributed by atoms with Gasteiger partial charge in [0.1, 0.15) is 18.3 Å². The van der Waals surface area contributed by atoms with Crippen LogP contribution in [-0.2, 0) is 29.4 Å². The third kappa shape index (κ3) is 1.94. The lowest BCUT2D eigenvalue weighted by Gasteiger charge is -2.31. The van der Waals surface area contributed by atoms with E-state index < -0.39 is 5.79 Å². The number of aryl methyl sites for hydroxylation is 1. The molecule has 1 aliphatic carbocycles. The van der Waals surface area contributed by atoms with Crippen molar-refractivity contribution in [1.29, 1.82) is 0 Å².